The lowest BCUT2D eigenvalue weighted by molar-refractivity contribution is -0.141. The second kappa shape index (κ2) is 9.18. The van der Waals surface area contributed by atoms with Gasteiger partial charge < -0.3 is 4.74 Å². The van der Waals surface area contributed by atoms with E-state index in [-0.39, 0.29) is 18.5 Å². The Kier molecular flexibility index (Phi) is 6.32. The van der Waals surface area contributed by atoms with Gasteiger partial charge >= 0.3 is 6.18 Å². The Morgan fingerprint density at radius 1 is 1.18 bits per heavy atom. The van der Waals surface area contributed by atoms with Crippen molar-refractivity contribution in [3.63, 3.8) is 0 Å². The second-order valence-electron chi connectivity index (χ2n) is 7.76. The number of amides is 1. The van der Waals surface area contributed by atoms with E-state index in [1.165, 1.54) is 17.1 Å². The summed E-state index contributed by atoms with van der Waals surface area (Å²) in [4.78, 5) is 12.7. The maximum absolute atomic E-state index is 12.9. The SMILES string of the molecule is COc1ccc(-n2nnnc2C)cc1CNN1C(=O)CCCC1c1ccc(C(F)(F)F)cc1. The highest BCUT2D eigenvalue weighted by atomic mass is 19.4. The topological polar surface area (TPSA) is 85.2 Å². The van der Waals surface area contributed by atoms with Crippen LogP contribution in [-0.4, -0.2) is 38.2 Å². The number of carbonyl (C=O) groups is 1. The first-order valence-electron chi connectivity index (χ1n) is 10.4. The highest BCUT2D eigenvalue weighted by Gasteiger charge is 2.32. The molecule has 8 nitrogen and oxygen atoms in total. The number of tetrazole rings is 1. The van der Waals surface area contributed by atoms with Crippen molar-refractivity contribution in [3.05, 3.63) is 65.0 Å². The highest BCUT2D eigenvalue weighted by molar-refractivity contribution is 5.77. The van der Waals surface area contributed by atoms with Gasteiger partial charge in [0.05, 0.1) is 24.4 Å². The number of nitrogens with zero attached hydrogens (tertiary/aromatic N) is 5. The van der Waals surface area contributed by atoms with E-state index < -0.39 is 11.7 Å². The molecule has 2 aromatic carbocycles. The number of hydrogen-bond acceptors (Lipinski definition) is 6. The molecule has 1 atom stereocenters. The molecule has 0 aliphatic carbocycles. The summed E-state index contributed by atoms with van der Waals surface area (Å²) < 4.78 is 45.9. The summed E-state index contributed by atoms with van der Waals surface area (Å²) in [7, 11) is 1.55. The van der Waals surface area contributed by atoms with Gasteiger partial charge in [-0.25, -0.2) is 5.43 Å². The Morgan fingerprint density at radius 2 is 1.94 bits per heavy atom. The largest absolute Gasteiger partial charge is 0.496 e. The normalized spacial score (nSPS) is 16.8. The lowest BCUT2D eigenvalue weighted by Crippen LogP contribution is -2.47. The summed E-state index contributed by atoms with van der Waals surface area (Å²) in [5.41, 5.74) is 4.60. The number of ether oxygens (including phenoxy) is 1. The lowest BCUT2D eigenvalue weighted by atomic mass is 9.95. The van der Waals surface area contributed by atoms with Crippen LogP contribution in [0.4, 0.5) is 13.2 Å². The van der Waals surface area contributed by atoms with Gasteiger partial charge in [0.1, 0.15) is 5.75 Å². The average molecular weight is 460 g/mol. The third-order valence-electron chi connectivity index (χ3n) is 5.65. The van der Waals surface area contributed by atoms with Crippen molar-refractivity contribution < 1.29 is 22.7 Å². The van der Waals surface area contributed by atoms with Gasteiger partial charge in [0, 0.05) is 18.5 Å². The number of piperidine rings is 1. The van der Waals surface area contributed by atoms with Crippen LogP contribution >= 0.6 is 0 Å². The van der Waals surface area contributed by atoms with Gasteiger partial charge in [-0.05, 0) is 66.1 Å². The number of carbonyl (C=O) groups excluding carboxylic acids is 1. The van der Waals surface area contributed by atoms with Crippen LogP contribution in [0.25, 0.3) is 5.69 Å². The molecule has 0 spiro atoms. The molecule has 174 valence electrons. The Morgan fingerprint density at radius 3 is 2.58 bits per heavy atom. The Bertz CT molecular complexity index is 1130. The molecule has 3 aromatic rings. The monoisotopic (exact) mass is 460 g/mol. The predicted octanol–water partition coefficient (Wildman–Crippen LogP) is 3.76. The van der Waals surface area contributed by atoms with Crippen molar-refractivity contribution >= 4 is 5.91 Å². The summed E-state index contributed by atoms with van der Waals surface area (Å²) in [6.07, 6.45) is -2.73. The van der Waals surface area contributed by atoms with Gasteiger partial charge in [-0.2, -0.15) is 17.9 Å². The number of hydrazine groups is 1. The third kappa shape index (κ3) is 4.82. The molecule has 0 bridgehead atoms. The van der Waals surface area contributed by atoms with E-state index in [1.54, 1.807) is 24.8 Å². The van der Waals surface area contributed by atoms with Gasteiger partial charge in [-0.1, -0.05) is 12.1 Å². The maximum Gasteiger partial charge on any atom is 0.416 e. The zero-order valence-electron chi connectivity index (χ0n) is 18.1. The molecule has 33 heavy (non-hydrogen) atoms. The van der Waals surface area contributed by atoms with Crippen molar-refractivity contribution in [3.8, 4) is 11.4 Å². The van der Waals surface area contributed by atoms with Crippen molar-refractivity contribution in [2.45, 2.75) is 44.9 Å². The Hall–Kier alpha value is -3.47. The molecular weight excluding hydrogens is 437 g/mol. The zero-order chi connectivity index (χ0) is 23.6. The standard InChI is InChI=1S/C22H23F3N6O2/c1-14-27-28-29-30(14)18-10-11-20(33-2)16(12-18)13-26-31-19(4-3-5-21(31)32)15-6-8-17(9-7-15)22(23,24)25/h6-12,19,26H,3-5,13H2,1-2H3. The van der Waals surface area contributed by atoms with Gasteiger partial charge in [-0.15, -0.1) is 5.10 Å². The summed E-state index contributed by atoms with van der Waals surface area (Å²) in [5.74, 6) is 1.12. The second-order valence-corrected chi connectivity index (χ2v) is 7.76. The van der Waals surface area contributed by atoms with Crippen molar-refractivity contribution in [1.82, 2.24) is 30.6 Å². The minimum Gasteiger partial charge on any atom is -0.496 e. The van der Waals surface area contributed by atoms with Crippen LogP contribution in [-0.2, 0) is 17.5 Å². The van der Waals surface area contributed by atoms with E-state index >= 15 is 0 Å². The molecule has 1 fully saturated rings. The number of benzene rings is 2. The fourth-order valence-corrected chi connectivity index (χ4v) is 3.95. The number of alkyl halides is 3. The molecule has 1 aromatic heterocycles. The molecule has 1 N–H and O–H groups in total. The third-order valence-corrected chi connectivity index (χ3v) is 5.65. The quantitative estimate of drug-likeness (QED) is 0.603. The van der Waals surface area contributed by atoms with Crippen molar-refractivity contribution in [2.75, 3.05) is 7.11 Å². The summed E-state index contributed by atoms with van der Waals surface area (Å²) in [6.45, 7) is 2.05. The average Bonchev–Trinajstić information content (AvgIpc) is 3.23. The number of aromatic nitrogens is 4. The summed E-state index contributed by atoms with van der Waals surface area (Å²) >= 11 is 0. The van der Waals surface area contributed by atoms with Gasteiger partial charge in [0.25, 0.3) is 0 Å². The van der Waals surface area contributed by atoms with Crippen LogP contribution in [0.3, 0.4) is 0 Å². The van der Waals surface area contributed by atoms with E-state index in [2.05, 4.69) is 21.0 Å². The Labute approximate surface area is 188 Å². The highest BCUT2D eigenvalue weighted by Crippen LogP contribution is 2.34. The van der Waals surface area contributed by atoms with Crippen LogP contribution in [0, 0.1) is 6.92 Å². The molecule has 0 saturated carbocycles. The fourth-order valence-electron chi connectivity index (χ4n) is 3.95. The smallest absolute Gasteiger partial charge is 0.416 e. The minimum atomic E-state index is -4.40. The fraction of sp³-hybridized carbons (Fsp3) is 0.364. The summed E-state index contributed by atoms with van der Waals surface area (Å²) in [6, 6.07) is 10.1. The lowest BCUT2D eigenvalue weighted by Gasteiger charge is -2.36. The first kappa shape index (κ1) is 22.7. The van der Waals surface area contributed by atoms with Crippen LogP contribution in [0.15, 0.2) is 42.5 Å². The van der Waals surface area contributed by atoms with E-state index in [4.69, 9.17) is 4.74 Å². The molecule has 4 rings (SSSR count). The number of hydrogen-bond donors (Lipinski definition) is 1. The molecule has 1 saturated heterocycles. The predicted molar refractivity (Wildman–Crippen MR) is 112 cm³/mol. The number of rotatable bonds is 6. The number of nitrogens with one attached hydrogen (secondary N) is 1. The van der Waals surface area contributed by atoms with Crippen molar-refractivity contribution in [2.24, 2.45) is 0 Å². The maximum atomic E-state index is 12.9. The van der Waals surface area contributed by atoms with E-state index in [1.807, 2.05) is 12.1 Å². The summed E-state index contributed by atoms with van der Waals surface area (Å²) in [5, 5.41) is 13.0. The van der Waals surface area contributed by atoms with Gasteiger partial charge in [0.15, 0.2) is 5.82 Å². The molecule has 1 amide bonds. The molecule has 1 unspecified atom stereocenters. The van der Waals surface area contributed by atoms with E-state index in [0.29, 0.717) is 36.4 Å². The van der Waals surface area contributed by atoms with Crippen LogP contribution in [0.2, 0.25) is 0 Å². The first-order valence-corrected chi connectivity index (χ1v) is 10.4. The molecular formula is C22H23F3N6O2. The van der Waals surface area contributed by atoms with Gasteiger partial charge in [0.2, 0.25) is 5.91 Å². The van der Waals surface area contributed by atoms with Crippen LogP contribution in [0.1, 0.15) is 47.8 Å². The number of aryl methyl sites for hydroxylation is 1. The van der Waals surface area contributed by atoms with E-state index in [9.17, 15) is 18.0 Å². The molecule has 2 heterocycles. The Balaban J connectivity index is 1.56. The van der Waals surface area contributed by atoms with Crippen LogP contribution < -0.4 is 10.2 Å². The molecule has 0 radical (unpaired) electrons. The molecule has 1 aliphatic rings. The number of methoxy groups -OCH3 is 1. The van der Waals surface area contributed by atoms with Gasteiger partial charge in [-0.3, -0.25) is 9.80 Å². The number of halogens is 3. The molecule has 1 aliphatic heterocycles. The van der Waals surface area contributed by atoms with E-state index in [0.717, 1.165) is 23.4 Å². The first-order chi connectivity index (χ1) is 15.8. The minimum absolute atomic E-state index is 0.113. The molecule has 11 heteroatoms. The zero-order valence-corrected chi connectivity index (χ0v) is 18.1. The van der Waals surface area contributed by atoms with Crippen molar-refractivity contribution in [1.29, 1.82) is 0 Å². The van der Waals surface area contributed by atoms with Crippen LogP contribution in [0.5, 0.6) is 5.75 Å².